The lowest BCUT2D eigenvalue weighted by Crippen LogP contribution is -2.42. The van der Waals surface area contributed by atoms with Crippen molar-refractivity contribution in [1.82, 2.24) is 4.98 Å². The van der Waals surface area contributed by atoms with E-state index in [1.165, 1.54) is 14.0 Å². The van der Waals surface area contributed by atoms with Gasteiger partial charge >= 0.3 is 5.97 Å². The van der Waals surface area contributed by atoms with Crippen molar-refractivity contribution in [3.63, 3.8) is 0 Å². The van der Waals surface area contributed by atoms with Crippen LogP contribution in [-0.2, 0) is 14.0 Å². The molecule has 1 rings (SSSR count). The minimum absolute atomic E-state index is 0.0426. The zero-order valence-corrected chi connectivity index (χ0v) is 21.9. The van der Waals surface area contributed by atoms with Gasteiger partial charge in [-0.1, -0.05) is 20.8 Å². The maximum atomic E-state index is 11.9. The summed E-state index contributed by atoms with van der Waals surface area (Å²) in [5.74, 6) is -0.661. The number of hydrogen-bond donors (Lipinski definition) is 2. The molecule has 3 atom stereocenters. The quantitative estimate of drug-likeness (QED) is 0.364. The number of ether oxygens (including phenoxy) is 2. The third-order valence-electron chi connectivity index (χ3n) is 5.81. The van der Waals surface area contributed by atoms with Crippen molar-refractivity contribution in [2.24, 2.45) is 5.92 Å². The van der Waals surface area contributed by atoms with Gasteiger partial charge in [-0.2, -0.15) is 0 Å². The van der Waals surface area contributed by atoms with Crippen LogP contribution < -0.4 is 4.74 Å². The topological polar surface area (TPSA) is 98.1 Å². The highest BCUT2D eigenvalue weighted by Gasteiger charge is 2.39. The summed E-state index contributed by atoms with van der Waals surface area (Å²) in [6.45, 7) is 13.8. The van der Waals surface area contributed by atoms with Crippen LogP contribution in [0.3, 0.4) is 0 Å². The van der Waals surface area contributed by atoms with Crippen LogP contribution in [0.25, 0.3) is 0 Å². The molecule has 0 saturated carbocycles. The smallest absolute Gasteiger partial charge is 0.303 e. The van der Waals surface area contributed by atoms with Crippen LogP contribution in [-0.4, -0.2) is 55.9 Å². The molecule has 0 aromatic carbocycles. The molecule has 0 spiro atoms. The molecule has 2 N–H and O–H groups in total. The maximum absolute atomic E-state index is 11.9. The number of aromatic nitrogens is 1. The number of aliphatic hydroxyl groups excluding tert-OH is 2. The summed E-state index contributed by atoms with van der Waals surface area (Å²) in [7, 11) is -0.479. The molecule has 0 aliphatic heterocycles. The van der Waals surface area contributed by atoms with Gasteiger partial charge in [0.05, 0.1) is 19.8 Å². The van der Waals surface area contributed by atoms with Crippen molar-refractivity contribution in [1.29, 1.82) is 0 Å². The molecule has 9 heteroatoms. The van der Waals surface area contributed by atoms with Gasteiger partial charge < -0.3 is 24.1 Å². The molecule has 0 aliphatic rings. The van der Waals surface area contributed by atoms with Crippen LogP contribution in [0.5, 0.6) is 5.75 Å². The minimum atomic E-state index is -2.00. The minimum Gasteiger partial charge on any atom is -0.494 e. The highest BCUT2D eigenvalue weighted by atomic mass is 79.9. The highest BCUT2D eigenvalue weighted by molar-refractivity contribution is 9.10. The summed E-state index contributed by atoms with van der Waals surface area (Å²) in [4.78, 5) is 16.3. The number of esters is 1. The van der Waals surface area contributed by atoms with Crippen LogP contribution in [0.4, 0.5) is 0 Å². The lowest BCUT2D eigenvalue weighted by Gasteiger charge is -2.37. The monoisotopic (exact) mass is 505 g/mol. The van der Waals surface area contributed by atoms with Gasteiger partial charge in [-0.25, -0.2) is 0 Å². The van der Waals surface area contributed by atoms with E-state index < -0.39 is 39.0 Å². The number of halogens is 1. The van der Waals surface area contributed by atoms with Gasteiger partial charge in [0.15, 0.2) is 14.4 Å². The first-order chi connectivity index (χ1) is 13.8. The third-order valence-corrected chi connectivity index (χ3v) is 11.1. The van der Waals surface area contributed by atoms with Crippen LogP contribution >= 0.6 is 15.9 Å². The number of pyridine rings is 1. The Morgan fingerprint density at radius 1 is 1.33 bits per heavy atom. The molecule has 0 radical (unpaired) electrons. The number of carbonyl (C=O) groups is 1. The van der Waals surface area contributed by atoms with Gasteiger partial charge in [-0.15, -0.1) is 0 Å². The molecule has 0 amide bonds. The molecular weight excluding hydrogens is 470 g/mol. The summed E-state index contributed by atoms with van der Waals surface area (Å²) in [5.41, 5.74) is 1.20. The summed E-state index contributed by atoms with van der Waals surface area (Å²) in [6, 6.07) is 0. The van der Waals surface area contributed by atoms with E-state index >= 15 is 0 Å². The number of rotatable bonds is 10. The van der Waals surface area contributed by atoms with Crippen LogP contribution in [0, 0.1) is 12.8 Å². The zero-order chi connectivity index (χ0) is 23.3. The van der Waals surface area contributed by atoms with Gasteiger partial charge in [0.2, 0.25) is 0 Å². The van der Waals surface area contributed by atoms with Crippen molar-refractivity contribution in [2.75, 3.05) is 20.3 Å². The molecule has 3 unspecified atom stereocenters. The Balaban J connectivity index is 3.29. The average Bonchev–Trinajstić information content (AvgIpc) is 2.64. The fourth-order valence-corrected chi connectivity index (χ4v) is 4.26. The fourth-order valence-electron chi connectivity index (χ4n) is 2.91. The van der Waals surface area contributed by atoms with E-state index in [2.05, 4.69) is 54.8 Å². The number of hydrogen-bond acceptors (Lipinski definition) is 7. The number of carbonyl (C=O) groups excluding carboxylic acids is 1. The summed E-state index contributed by atoms with van der Waals surface area (Å²) in [5, 5.41) is 20.3. The van der Waals surface area contributed by atoms with Crippen molar-refractivity contribution in [3.8, 4) is 5.75 Å². The highest BCUT2D eigenvalue weighted by Crippen LogP contribution is 2.40. The van der Waals surface area contributed by atoms with E-state index in [0.717, 1.165) is 10.0 Å². The Labute approximate surface area is 189 Å². The van der Waals surface area contributed by atoms with Crippen LogP contribution in [0.15, 0.2) is 10.7 Å². The average molecular weight is 507 g/mol. The molecule has 30 heavy (non-hydrogen) atoms. The first-order valence-corrected chi connectivity index (χ1v) is 13.8. The molecule has 7 nitrogen and oxygen atoms in total. The van der Waals surface area contributed by atoms with Crippen LogP contribution in [0.1, 0.15) is 51.5 Å². The van der Waals surface area contributed by atoms with E-state index in [9.17, 15) is 15.0 Å². The first-order valence-electron chi connectivity index (χ1n) is 10.1. The second-order valence-corrected chi connectivity index (χ2v) is 14.7. The molecule has 0 aliphatic carbocycles. The Morgan fingerprint density at radius 2 is 1.93 bits per heavy atom. The van der Waals surface area contributed by atoms with Crippen LogP contribution in [0.2, 0.25) is 18.1 Å². The molecule has 0 fully saturated rings. The standard InChI is InChI=1S/C21H36BrNO6Si/c1-13-16(22)11-23-18(19(13)27-6)20(29-14(2)25)15(17(26)12-24)9-10-28-30(7,8)21(3,4)5/h11,15,17,20,24,26H,9-10,12H2,1-8H3. The Kier molecular flexibility index (Phi) is 9.95. The van der Waals surface area contributed by atoms with Crippen molar-refractivity contribution in [2.45, 2.75) is 71.4 Å². The second-order valence-electron chi connectivity index (χ2n) is 8.99. The molecular formula is C21H36BrNO6Si. The van der Waals surface area contributed by atoms with Gasteiger partial charge in [0.1, 0.15) is 11.4 Å². The van der Waals surface area contributed by atoms with Gasteiger partial charge in [-0.3, -0.25) is 9.78 Å². The number of aliphatic hydroxyl groups is 2. The van der Waals surface area contributed by atoms with Crippen molar-refractivity contribution < 1.29 is 28.9 Å². The number of methoxy groups -OCH3 is 1. The number of nitrogens with zero attached hydrogens (tertiary/aromatic N) is 1. The molecule has 1 aromatic heterocycles. The normalized spacial score (nSPS) is 15.4. The summed E-state index contributed by atoms with van der Waals surface area (Å²) in [6.07, 6.45) is -0.0214. The Hall–Kier alpha value is -1.00. The zero-order valence-electron chi connectivity index (χ0n) is 19.3. The molecule has 1 heterocycles. The van der Waals surface area contributed by atoms with Gasteiger partial charge in [0.25, 0.3) is 0 Å². The lowest BCUT2D eigenvalue weighted by molar-refractivity contribution is -0.154. The fraction of sp³-hybridized carbons (Fsp3) is 0.714. The summed E-state index contributed by atoms with van der Waals surface area (Å²) < 4.78 is 18.1. The third kappa shape index (κ3) is 6.75. The van der Waals surface area contributed by atoms with Gasteiger partial charge in [-0.05, 0) is 47.4 Å². The molecule has 172 valence electrons. The molecule has 0 saturated heterocycles. The van der Waals surface area contributed by atoms with Crippen molar-refractivity contribution in [3.05, 3.63) is 21.9 Å². The van der Waals surface area contributed by atoms with E-state index in [0.29, 0.717) is 24.5 Å². The maximum Gasteiger partial charge on any atom is 0.303 e. The SMILES string of the molecule is COc1c(C(OC(C)=O)C(CCO[Si](C)(C)C(C)(C)C)C(O)CO)ncc(Br)c1C. The summed E-state index contributed by atoms with van der Waals surface area (Å²) >= 11 is 3.43. The van der Waals surface area contributed by atoms with E-state index in [-0.39, 0.29) is 5.04 Å². The Bertz CT molecular complexity index is 722. The Morgan fingerprint density at radius 3 is 2.40 bits per heavy atom. The van der Waals surface area contributed by atoms with E-state index in [4.69, 9.17) is 13.9 Å². The van der Waals surface area contributed by atoms with Gasteiger partial charge in [0, 0.05) is 35.7 Å². The lowest BCUT2D eigenvalue weighted by atomic mass is 9.89. The first kappa shape index (κ1) is 27.0. The van der Waals surface area contributed by atoms with Crippen molar-refractivity contribution >= 4 is 30.2 Å². The predicted octanol–water partition coefficient (Wildman–Crippen LogP) is 4.15. The van der Waals surface area contributed by atoms with E-state index in [1.807, 2.05) is 6.92 Å². The largest absolute Gasteiger partial charge is 0.494 e. The second kappa shape index (κ2) is 11.0. The van der Waals surface area contributed by atoms with E-state index in [1.54, 1.807) is 6.20 Å². The molecule has 0 bridgehead atoms. The predicted molar refractivity (Wildman–Crippen MR) is 122 cm³/mol. The molecule has 1 aromatic rings.